The molecule has 0 unspecified atom stereocenters. The number of nitrogens with zero attached hydrogens (tertiary/aromatic N) is 1. The van der Waals surface area contributed by atoms with Crippen LogP contribution in [0.15, 0.2) is 42.0 Å². The molecular weight excluding hydrogens is 374 g/mol. The number of amides is 1. The molecule has 0 radical (unpaired) electrons. The van der Waals surface area contributed by atoms with Gasteiger partial charge in [0.25, 0.3) is 0 Å². The molecule has 7 heteroatoms. The average molecular weight is 401 g/mol. The van der Waals surface area contributed by atoms with Crippen LogP contribution in [0.1, 0.15) is 32.8 Å². The van der Waals surface area contributed by atoms with Crippen LogP contribution >= 0.6 is 0 Å². The fourth-order valence-electron chi connectivity index (χ4n) is 4.35. The predicted molar refractivity (Wildman–Crippen MR) is 105 cm³/mol. The molecule has 1 heterocycles. The van der Waals surface area contributed by atoms with Gasteiger partial charge in [-0.2, -0.15) is 0 Å². The minimum Gasteiger partial charge on any atom is -0.463 e. The number of fused-ring (bicyclic) bond motifs is 1. The minimum absolute atomic E-state index is 0.0665. The molecule has 7 nitrogen and oxygen atoms in total. The number of carbonyl (C=O) groups excluding carboxylic acids is 3. The summed E-state index contributed by atoms with van der Waals surface area (Å²) in [5.41, 5.74) is -1.74. The van der Waals surface area contributed by atoms with Crippen molar-refractivity contribution in [3.63, 3.8) is 0 Å². The third kappa shape index (κ3) is 4.05. The van der Waals surface area contributed by atoms with Crippen LogP contribution in [0.3, 0.4) is 0 Å². The van der Waals surface area contributed by atoms with E-state index in [1.54, 1.807) is 13.8 Å². The summed E-state index contributed by atoms with van der Waals surface area (Å²) in [5.74, 6) is -1.37. The second-order valence-corrected chi connectivity index (χ2v) is 8.02. The lowest BCUT2D eigenvalue weighted by Crippen LogP contribution is -2.61. The van der Waals surface area contributed by atoms with Gasteiger partial charge < -0.3 is 19.5 Å². The van der Waals surface area contributed by atoms with Gasteiger partial charge >= 0.3 is 12.1 Å². The van der Waals surface area contributed by atoms with Crippen molar-refractivity contribution in [3.05, 3.63) is 47.5 Å². The summed E-state index contributed by atoms with van der Waals surface area (Å²) in [6.07, 6.45) is 1.19. The SMILES string of the molecule is CCOC(=O)C1=C[C@](C)(O)C(=O)[C@@]2(C)CN(C(=O)OCc3ccccc3)CC[C@@H]12. The topological polar surface area (TPSA) is 93.1 Å². The Hall–Kier alpha value is -2.67. The monoisotopic (exact) mass is 401 g/mol. The minimum atomic E-state index is -1.80. The largest absolute Gasteiger partial charge is 0.463 e. The van der Waals surface area contributed by atoms with Gasteiger partial charge in [-0.3, -0.25) is 4.79 Å². The summed E-state index contributed by atoms with van der Waals surface area (Å²) in [7, 11) is 0. The quantitative estimate of drug-likeness (QED) is 0.779. The summed E-state index contributed by atoms with van der Waals surface area (Å²) in [6.45, 7) is 5.51. The van der Waals surface area contributed by atoms with Crippen LogP contribution in [0.2, 0.25) is 0 Å². The van der Waals surface area contributed by atoms with E-state index in [2.05, 4.69) is 0 Å². The number of likely N-dealkylation sites (tertiary alicyclic amines) is 1. The number of Topliss-reactive ketones (excluding diaryl/α,β-unsaturated/α-hetero) is 1. The fourth-order valence-corrected chi connectivity index (χ4v) is 4.35. The van der Waals surface area contributed by atoms with E-state index >= 15 is 0 Å². The van der Waals surface area contributed by atoms with Crippen LogP contribution in [-0.4, -0.2) is 53.1 Å². The number of hydrogen-bond donors (Lipinski definition) is 1. The van der Waals surface area contributed by atoms with E-state index in [1.165, 1.54) is 17.9 Å². The number of ketones is 1. The molecular formula is C22H27NO6. The van der Waals surface area contributed by atoms with E-state index in [0.717, 1.165) is 5.56 Å². The molecule has 1 N–H and O–H groups in total. The Morgan fingerprint density at radius 1 is 1.21 bits per heavy atom. The Morgan fingerprint density at radius 2 is 1.90 bits per heavy atom. The summed E-state index contributed by atoms with van der Waals surface area (Å²) in [5, 5.41) is 10.6. The summed E-state index contributed by atoms with van der Waals surface area (Å²) in [6, 6.07) is 9.33. The molecule has 0 bridgehead atoms. The zero-order chi connectivity index (χ0) is 21.2. The highest BCUT2D eigenvalue weighted by molar-refractivity contribution is 6.01. The zero-order valence-corrected chi connectivity index (χ0v) is 17.0. The lowest BCUT2D eigenvalue weighted by atomic mass is 9.59. The van der Waals surface area contributed by atoms with Crippen molar-refractivity contribution in [2.24, 2.45) is 11.3 Å². The molecule has 1 fully saturated rings. The van der Waals surface area contributed by atoms with Gasteiger partial charge in [-0.1, -0.05) is 37.3 Å². The van der Waals surface area contributed by atoms with Gasteiger partial charge in [0.2, 0.25) is 0 Å². The van der Waals surface area contributed by atoms with E-state index in [-0.39, 0.29) is 19.8 Å². The zero-order valence-electron chi connectivity index (χ0n) is 17.0. The van der Waals surface area contributed by atoms with Gasteiger partial charge in [0.15, 0.2) is 5.78 Å². The Bertz CT molecular complexity index is 831. The van der Waals surface area contributed by atoms with Crippen LogP contribution in [0.5, 0.6) is 0 Å². The van der Waals surface area contributed by atoms with Gasteiger partial charge in [0.1, 0.15) is 12.2 Å². The van der Waals surface area contributed by atoms with Gasteiger partial charge in [0, 0.05) is 24.6 Å². The number of aliphatic hydroxyl groups is 1. The van der Waals surface area contributed by atoms with Crippen LogP contribution in [0.25, 0.3) is 0 Å². The fraction of sp³-hybridized carbons (Fsp3) is 0.500. The molecule has 156 valence electrons. The number of ether oxygens (including phenoxy) is 2. The highest BCUT2D eigenvalue weighted by Gasteiger charge is 2.57. The molecule has 1 aliphatic heterocycles. The second-order valence-electron chi connectivity index (χ2n) is 8.02. The van der Waals surface area contributed by atoms with Crippen molar-refractivity contribution in [1.82, 2.24) is 4.90 Å². The maximum Gasteiger partial charge on any atom is 0.410 e. The van der Waals surface area contributed by atoms with E-state index in [4.69, 9.17) is 9.47 Å². The average Bonchev–Trinajstić information content (AvgIpc) is 2.70. The molecule has 29 heavy (non-hydrogen) atoms. The summed E-state index contributed by atoms with van der Waals surface area (Å²) >= 11 is 0. The molecule has 0 spiro atoms. The smallest absolute Gasteiger partial charge is 0.410 e. The van der Waals surface area contributed by atoms with Gasteiger partial charge in [-0.25, -0.2) is 9.59 Å². The molecule has 0 aromatic heterocycles. The molecule has 1 aliphatic carbocycles. The normalized spacial score (nSPS) is 29.0. The van der Waals surface area contributed by atoms with Gasteiger partial charge in [-0.15, -0.1) is 0 Å². The number of hydrogen-bond acceptors (Lipinski definition) is 6. The van der Waals surface area contributed by atoms with Crippen LogP contribution in [0, 0.1) is 11.3 Å². The summed E-state index contributed by atoms with van der Waals surface area (Å²) in [4.78, 5) is 39.6. The molecule has 1 aromatic rings. The van der Waals surface area contributed by atoms with Crippen LogP contribution in [0.4, 0.5) is 4.79 Å². The highest BCUT2D eigenvalue weighted by atomic mass is 16.6. The van der Waals surface area contributed by atoms with E-state index in [0.29, 0.717) is 18.5 Å². The number of rotatable bonds is 4. The first-order valence-electron chi connectivity index (χ1n) is 9.82. The highest BCUT2D eigenvalue weighted by Crippen LogP contribution is 2.47. The van der Waals surface area contributed by atoms with Crippen molar-refractivity contribution in [1.29, 1.82) is 0 Å². The van der Waals surface area contributed by atoms with E-state index in [9.17, 15) is 19.5 Å². The number of benzene rings is 1. The van der Waals surface area contributed by atoms with Crippen LogP contribution in [-0.2, 0) is 25.7 Å². The van der Waals surface area contributed by atoms with Crippen molar-refractivity contribution in [3.8, 4) is 0 Å². The Kier molecular flexibility index (Phi) is 5.80. The first-order valence-corrected chi connectivity index (χ1v) is 9.82. The lowest BCUT2D eigenvalue weighted by Gasteiger charge is -2.49. The van der Waals surface area contributed by atoms with Gasteiger partial charge in [0.05, 0.1) is 12.0 Å². The first-order chi connectivity index (χ1) is 13.7. The van der Waals surface area contributed by atoms with E-state index in [1.807, 2.05) is 30.3 Å². The first kappa shape index (κ1) is 21.0. The molecule has 1 amide bonds. The maximum atomic E-state index is 13.1. The molecule has 2 aliphatic rings. The third-order valence-electron chi connectivity index (χ3n) is 5.74. The standard InChI is InChI=1S/C22H27NO6/c1-4-28-18(24)16-12-22(3,27)19(25)21(2)14-23(11-10-17(16)21)20(26)29-13-15-8-6-5-7-9-15/h5-9,12,17,27H,4,10-11,13-14H2,1-3H3/t17-,21-,22-/m0/s1. The summed E-state index contributed by atoms with van der Waals surface area (Å²) < 4.78 is 10.5. The lowest BCUT2D eigenvalue weighted by molar-refractivity contribution is -0.152. The van der Waals surface area contributed by atoms with E-state index < -0.39 is 34.8 Å². The molecule has 3 atom stereocenters. The van der Waals surface area contributed by atoms with Gasteiger partial charge in [-0.05, 0) is 31.9 Å². The van der Waals surface area contributed by atoms with Crippen molar-refractivity contribution in [2.75, 3.05) is 19.7 Å². The molecule has 3 rings (SSSR count). The number of esters is 1. The predicted octanol–water partition coefficient (Wildman–Crippen LogP) is 2.47. The van der Waals surface area contributed by atoms with Crippen molar-refractivity contribution >= 4 is 17.8 Å². The Morgan fingerprint density at radius 3 is 2.55 bits per heavy atom. The molecule has 1 saturated heterocycles. The second kappa shape index (κ2) is 7.99. The van der Waals surface area contributed by atoms with Crippen molar-refractivity contribution < 1.29 is 29.0 Å². The maximum absolute atomic E-state index is 13.1. The molecule has 0 saturated carbocycles. The van der Waals surface area contributed by atoms with Crippen molar-refractivity contribution in [2.45, 2.75) is 39.4 Å². The number of carbonyl (C=O) groups is 3. The Balaban J connectivity index is 1.78. The molecule has 1 aromatic carbocycles. The van der Waals surface area contributed by atoms with Crippen LogP contribution < -0.4 is 0 Å². The Labute approximate surface area is 170 Å². The number of piperidine rings is 1. The third-order valence-corrected chi connectivity index (χ3v) is 5.74.